The smallest absolute Gasteiger partial charge is 0.0951 e. The van der Waals surface area contributed by atoms with Gasteiger partial charge in [-0.05, 0) is 18.3 Å². The van der Waals surface area contributed by atoms with Gasteiger partial charge in [-0.3, -0.25) is 0 Å². The second-order valence-corrected chi connectivity index (χ2v) is 5.86. The minimum Gasteiger partial charge on any atom is -0.383 e. The summed E-state index contributed by atoms with van der Waals surface area (Å²) < 4.78 is 7.41. The van der Waals surface area contributed by atoms with Gasteiger partial charge in [0.05, 0.1) is 18.6 Å². The normalized spacial score (nSPS) is 22.5. The van der Waals surface area contributed by atoms with Crippen molar-refractivity contribution in [3.63, 3.8) is 0 Å². The van der Waals surface area contributed by atoms with Gasteiger partial charge in [0.15, 0.2) is 0 Å². The summed E-state index contributed by atoms with van der Waals surface area (Å²) in [5.74, 6) is 0. The zero-order valence-corrected chi connectivity index (χ0v) is 11.8. The van der Waals surface area contributed by atoms with Crippen molar-refractivity contribution in [2.45, 2.75) is 45.7 Å². The van der Waals surface area contributed by atoms with E-state index in [2.05, 4.69) is 28.7 Å². The summed E-state index contributed by atoms with van der Waals surface area (Å²) in [5, 5.41) is 3.39. The first-order chi connectivity index (χ1) is 8.65. The van der Waals surface area contributed by atoms with Crippen molar-refractivity contribution in [1.29, 1.82) is 0 Å². The van der Waals surface area contributed by atoms with E-state index in [1.807, 2.05) is 12.5 Å². The van der Waals surface area contributed by atoms with Crippen LogP contribution in [-0.2, 0) is 11.3 Å². The van der Waals surface area contributed by atoms with Crippen molar-refractivity contribution in [2.75, 3.05) is 20.3 Å². The predicted octanol–water partition coefficient (Wildman–Crippen LogP) is 2.37. The molecule has 1 atom stereocenters. The lowest BCUT2D eigenvalue weighted by molar-refractivity contribution is 0.198. The first kappa shape index (κ1) is 13.6. The van der Waals surface area contributed by atoms with Gasteiger partial charge in [0.2, 0.25) is 0 Å². The van der Waals surface area contributed by atoms with Crippen LogP contribution in [0.15, 0.2) is 12.5 Å². The third kappa shape index (κ3) is 2.93. The van der Waals surface area contributed by atoms with E-state index >= 15 is 0 Å². The van der Waals surface area contributed by atoms with Crippen LogP contribution in [0.5, 0.6) is 0 Å². The fourth-order valence-corrected chi connectivity index (χ4v) is 2.96. The molecule has 0 amide bonds. The quantitative estimate of drug-likeness (QED) is 0.789. The largest absolute Gasteiger partial charge is 0.383 e. The average molecular weight is 251 g/mol. The van der Waals surface area contributed by atoms with Gasteiger partial charge in [-0.2, -0.15) is 0 Å². The molecule has 18 heavy (non-hydrogen) atoms. The predicted molar refractivity (Wildman–Crippen MR) is 72.5 cm³/mol. The summed E-state index contributed by atoms with van der Waals surface area (Å²) in [4.78, 5) is 4.32. The Hall–Kier alpha value is -0.870. The maximum Gasteiger partial charge on any atom is 0.0951 e. The Kier molecular flexibility index (Phi) is 4.40. The van der Waals surface area contributed by atoms with E-state index in [1.165, 1.54) is 25.0 Å². The van der Waals surface area contributed by atoms with Gasteiger partial charge < -0.3 is 14.6 Å². The molecule has 4 nitrogen and oxygen atoms in total. The molecule has 1 aromatic heterocycles. The molecule has 4 heteroatoms. The van der Waals surface area contributed by atoms with Crippen molar-refractivity contribution >= 4 is 0 Å². The molecule has 1 saturated carbocycles. The maximum absolute atomic E-state index is 5.04. The minimum absolute atomic E-state index is 0.391. The Morgan fingerprint density at radius 2 is 2.39 bits per heavy atom. The molecule has 0 saturated heterocycles. The van der Waals surface area contributed by atoms with Gasteiger partial charge in [0.1, 0.15) is 0 Å². The van der Waals surface area contributed by atoms with Crippen LogP contribution in [0.2, 0.25) is 0 Å². The molecule has 102 valence electrons. The molecule has 1 N–H and O–H groups in total. The Labute approximate surface area is 110 Å². The summed E-state index contributed by atoms with van der Waals surface area (Å²) in [6.07, 6.45) is 7.88. The highest BCUT2D eigenvalue weighted by Crippen LogP contribution is 2.46. The zero-order valence-electron chi connectivity index (χ0n) is 11.8. The average Bonchev–Trinajstić information content (AvgIpc) is 2.90. The molecule has 1 aliphatic rings. The highest BCUT2D eigenvalue weighted by atomic mass is 16.5. The van der Waals surface area contributed by atoms with Crippen LogP contribution in [0.25, 0.3) is 0 Å². The van der Waals surface area contributed by atoms with Crippen molar-refractivity contribution < 1.29 is 4.74 Å². The molecule has 0 bridgehead atoms. The number of rotatable bonds is 6. The number of hydrogen-bond acceptors (Lipinski definition) is 3. The summed E-state index contributed by atoms with van der Waals surface area (Å²) in [6.45, 7) is 7.24. The number of imidazole rings is 1. The lowest BCUT2D eigenvalue weighted by Crippen LogP contribution is -2.25. The fourth-order valence-electron chi connectivity index (χ4n) is 2.96. The van der Waals surface area contributed by atoms with Crippen LogP contribution < -0.4 is 5.32 Å². The minimum atomic E-state index is 0.391. The third-order valence-electron chi connectivity index (χ3n) is 4.07. The van der Waals surface area contributed by atoms with Gasteiger partial charge >= 0.3 is 0 Å². The van der Waals surface area contributed by atoms with E-state index in [4.69, 9.17) is 4.74 Å². The van der Waals surface area contributed by atoms with E-state index in [1.54, 1.807) is 7.11 Å². The second-order valence-electron chi connectivity index (χ2n) is 5.86. The summed E-state index contributed by atoms with van der Waals surface area (Å²) >= 11 is 0. The first-order valence-electron chi connectivity index (χ1n) is 6.85. The Morgan fingerprint density at radius 3 is 3.06 bits per heavy atom. The number of ether oxygens (including phenoxy) is 1. The Morgan fingerprint density at radius 1 is 1.56 bits per heavy atom. The lowest BCUT2D eigenvalue weighted by atomic mass is 9.87. The van der Waals surface area contributed by atoms with Crippen LogP contribution in [0.3, 0.4) is 0 Å². The molecular weight excluding hydrogens is 226 g/mol. The number of nitrogens with one attached hydrogen (secondary N) is 1. The van der Waals surface area contributed by atoms with E-state index in [0.29, 0.717) is 11.5 Å². The van der Waals surface area contributed by atoms with E-state index in [-0.39, 0.29) is 0 Å². The molecule has 1 unspecified atom stereocenters. The summed E-state index contributed by atoms with van der Waals surface area (Å²) in [5.41, 5.74) is 1.67. The molecular formula is C14H25N3O. The fraction of sp³-hybridized carbons (Fsp3) is 0.786. The van der Waals surface area contributed by atoms with Crippen LogP contribution in [0.4, 0.5) is 0 Å². The van der Waals surface area contributed by atoms with Gasteiger partial charge in [-0.1, -0.05) is 20.3 Å². The molecule has 1 heterocycles. The maximum atomic E-state index is 5.04. The number of aromatic nitrogens is 2. The molecule has 1 fully saturated rings. The highest BCUT2D eigenvalue weighted by Gasteiger charge is 2.36. The van der Waals surface area contributed by atoms with Crippen molar-refractivity contribution in [2.24, 2.45) is 5.41 Å². The van der Waals surface area contributed by atoms with Crippen molar-refractivity contribution in [3.8, 4) is 0 Å². The van der Waals surface area contributed by atoms with Gasteiger partial charge in [-0.15, -0.1) is 0 Å². The standard InChI is InChI=1S/C14H25N3O/c1-14(2)6-4-5-13(14)17-11-16-10-12(17)9-15-7-8-18-3/h10-11,13,15H,4-9H2,1-3H3. The van der Waals surface area contributed by atoms with Crippen molar-refractivity contribution in [1.82, 2.24) is 14.9 Å². The van der Waals surface area contributed by atoms with Gasteiger partial charge in [0.25, 0.3) is 0 Å². The van der Waals surface area contributed by atoms with Crippen LogP contribution in [-0.4, -0.2) is 29.8 Å². The van der Waals surface area contributed by atoms with Crippen LogP contribution in [0, 0.1) is 5.41 Å². The molecule has 0 spiro atoms. The van der Waals surface area contributed by atoms with E-state index in [0.717, 1.165) is 19.7 Å². The number of nitrogens with zero attached hydrogens (tertiary/aromatic N) is 2. The van der Waals surface area contributed by atoms with Crippen LogP contribution >= 0.6 is 0 Å². The van der Waals surface area contributed by atoms with Crippen LogP contribution in [0.1, 0.15) is 44.8 Å². The monoisotopic (exact) mass is 251 g/mol. The van der Waals surface area contributed by atoms with Gasteiger partial charge in [0, 0.05) is 32.4 Å². The molecule has 0 aliphatic heterocycles. The van der Waals surface area contributed by atoms with E-state index in [9.17, 15) is 0 Å². The highest BCUT2D eigenvalue weighted by molar-refractivity contribution is 5.04. The SMILES string of the molecule is COCCNCc1cncn1C1CCCC1(C)C. The number of methoxy groups -OCH3 is 1. The Balaban J connectivity index is 1.99. The lowest BCUT2D eigenvalue weighted by Gasteiger charge is -2.29. The zero-order chi connectivity index (χ0) is 13.0. The summed E-state index contributed by atoms with van der Waals surface area (Å²) in [6, 6.07) is 0.597. The van der Waals surface area contributed by atoms with Gasteiger partial charge in [-0.25, -0.2) is 4.98 Å². The number of hydrogen-bond donors (Lipinski definition) is 1. The molecule has 1 aliphatic carbocycles. The first-order valence-corrected chi connectivity index (χ1v) is 6.85. The summed E-state index contributed by atoms with van der Waals surface area (Å²) in [7, 11) is 1.73. The molecule has 0 radical (unpaired) electrons. The third-order valence-corrected chi connectivity index (χ3v) is 4.07. The molecule has 2 rings (SSSR count). The topological polar surface area (TPSA) is 39.1 Å². The second kappa shape index (κ2) is 5.85. The van der Waals surface area contributed by atoms with Crippen molar-refractivity contribution in [3.05, 3.63) is 18.2 Å². The molecule has 0 aromatic carbocycles. The Bertz CT molecular complexity index is 373. The van der Waals surface area contributed by atoms with E-state index < -0.39 is 0 Å². The molecule has 1 aromatic rings.